The topological polar surface area (TPSA) is 0 Å². The molecule has 0 atom stereocenters. The van der Waals surface area contributed by atoms with Gasteiger partial charge >= 0.3 is 0 Å². The van der Waals surface area contributed by atoms with E-state index < -0.39 is 0 Å². The quantitative estimate of drug-likeness (QED) is 0.629. The number of benzene rings is 1. The van der Waals surface area contributed by atoms with Gasteiger partial charge in [0.25, 0.3) is 0 Å². The van der Waals surface area contributed by atoms with E-state index in [1.165, 1.54) is 15.0 Å². The number of fused-ring (bicyclic) bond motifs is 1. The number of aryl methyl sites for hydroxylation is 1. The number of halogens is 2. The van der Waals surface area contributed by atoms with E-state index >= 15 is 0 Å². The zero-order valence-electron chi connectivity index (χ0n) is 7.10. The summed E-state index contributed by atoms with van der Waals surface area (Å²) in [6, 6.07) is 6.11. The van der Waals surface area contributed by atoms with Gasteiger partial charge in [-0.1, -0.05) is 17.7 Å². The van der Waals surface area contributed by atoms with Crippen LogP contribution >= 0.6 is 34.5 Å². The van der Waals surface area contributed by atoms with Crippen LogP contribution in [0.2, 0.25) is 5.02 Å². The monoisotopic (exact) mass is 230 g/mol. The van der Waals surface area contributed by atoms with E-state index in [9.17, 15) is 0 Å². The lowest BCUT2D eigenvalue weighted by Gasteiger charge is -2.00. The summed E-state index contributed by atoms with van der Waals surface area (Å²) in [5.41, 5.74) is 1.05. The normalized spacial score (nSPS) is 11.0. The third-order valence-corrected chi connectivity index (χ3v) is 3.74. The lowest BCUT2D eigenvalue weighted by Crippen LogP contribution is -1.79. The van der Waals surface area contributed by atoms with Crippen molar-refractivity contribution in [2.45, 2.75) is 12.8 Å². The van der Waals surface area contributed by atoms with Gasteiger partial charge in [0.15, 0.2) is 0 Å². The Morgan fingerprint density at radius 1 is 1.38 bits per heavy atom. The van der Waals surface area contributed by atoms with E-state index in [1.807, 2.05) is 12.1 Å². The molecule has 0 spiro atoms. The minimum absolute atomic E-state index is 0.482. The van der Waals surface area contributed by atoms with Crippen molar-refractivity contribution in [1.82, 2.24) is 0 Å². The van der Waals surface area contributed by atoms with E-state index in [-0.39, 0.29) is 0 Å². The van der Waals surface area contributed by atoms with Gasteiger partial charge in [-0.05, 0) is 24.4 Å². The first-order valence-corrected chi connectivity index (χ1v) is 5.69. The molecular weight excluding hydrogens is 223 g/mol. The van der Waals surface area contributed by atoms with E-state index in [0.29, 0.717) is 5.88 Å². The van der Waals surface area contributed by atoms with Crippen LogP contribution in [0, 0.1) is 6.92 Å². The van der Waals surface area contributed by atoms with Crippen LogP contribution in [0.1, 0.15) is 10.4 Å². The zero-order chi connectivity index (χ0) is 9.42. The second-order valence-corrected chi connectivity index (χ2v) is 4.87. The Kier molecular flexibility index (Phi) is 2.50. The molecule has 0 saturated heterocycles. The summed E-state index contributed by atoms with van der Waals surface area (Å²) in [7, 11) is 0. The molecule has 0 aliphatic rings. The van der Waals surface area contributed by atoms with Crippen molar-refractivity contribution in [2.75, 3.05) is 0 Å². The number of hydrogen-bond donors (Lipinski definition) is 0. The fraction of sp³-hybridized carbons (Fsp3) is 0.200. The summed E-state index contributed by atoms with van der Waals surface area (Å²) >= 11 is 13.6. The van der Waals surface area contributed by atoms with Crippen molar-refractivity contribution in [1.29, 1.82) is 0 Å². The minimum atomic E-state index is 0.482. The maximum absolute atomic E-state index is 6.03. The molecule has 0 saturated carbocycles. The number of hydrogen-bond acceptors (Lipinski definition) is 1. The molecule has 0 unspecified atom stereocenters. The van der Waals surface area contributed by atoms with Gasteiger partial charge in [0.2, 0.25) is 0 Å². The van der Waals surface area contributed by atoms with Gasteiger partial charge < -0.3 is 0 Å². The summed E-state index contributed by atoms with van der Waals surface area (Å²) in [6.45, 7) is 2.09. The first kappa shape index (κ1) is 9.32. The first-order valence-electron chi connectivity index (χ1n) is 3.96. The molecule has 13 heavy (non-hydrogen) atoms. The van der Waals surface area contributed by atoms with Crippen molar-refractivity contribution < 1.29 is 0 Å². The van der Waals surface area contributed by atoms with Crippen LogP contribution in [0.15, 0.2) is 18.2 Å². The zero-order valence-corrected chi connectivity index (χ0v) is 9.43. The third kappa shape index (κ3) is 1.56. The highest BCUT2D eigenvalue weighted by molar-refractivity contribution is 7.19. The van der Waals surface area contributed by atoms with E-state index in [0.717, 1.165) is 10.6 Å². The Morgan fingerprint density at radius 2 is 2.15 bits per heavy atom. The first-order chi connectivity index (χ1) is 6.22. The molecule has 1 aromatic heterocycles. The van der Waals surface area contributed by atoms with E-state index in [4.69, 9.17) is 23.2 Å². The maximum Gasteiger partial charge on any atom is 0.0503 e. The van der Waals surface area contributed by atoms with Crippen LogP contribution in [0.5, 0.6) is 0 Å². The van der Waals surface area contributed by atoms with Gasteiger partial charge in [-0.3, -0.25) is 0 Å². The van der Waals surface area contributed by atoms with Crippen molar-refractivity contribution in [3.05, 3.63) is 33.7 Å². The number of thiophene rings is 1. The van der Waals surface area contributed by atoms with E-state index in [1.54, 1.807) is 11.3 Å². The van der Waals surface area contributed by atoms with Crippen LogP contribution in [0.3, 0.4) is 0 Å². The van der Waals surface area contributed by atoms with Gasteiger partial charge in [-0.15, -0.1) is 22.9 Å². The van der Waals surface area contributed by atoms with Crippen LogP contribution < -0.4 is 0 Å². The molecule has 1 heterocycles. The second kappa shape index (κ2) is 3.49. The molecule has 0 aliphatic carbocycles. The van der Waals surface area contributed by atoms with Crippen molar-refractivity contribution >= 4 is 44.6 Å². The molecule has 0 radical (unpaired) electrons. The molecule has 3 heteroatoms. The van der Waals surface area contributed by atoms with Gasteiger partial charge in [0.1, 0.15) is 0 Å². The minimum Gasteiger partial charge on any atom is -0.140 e. The second-order valence-electron chi connectivity index (χ2n) is 2.93. The Labute approximate surface area is 91.1 Å². The van der Waals surface area contributed by atoms with Gasteiger partial charge in [-0.25, -0.2) is 0 Å². The summed E-state index contributed by atoms with van der Waals surface area (Å²) in [5, 5.41) is 2.01. The average molecular weight is 231 g/mol. The van der Waals surface area contributed by atoms with Gasteiger partial charge in [0.05, 0.1) is 5.88 Å². The molecule has 0 bridgehead atoms. The average Bonchev–Trinajstić information content (AvgIpc) is 2.45. The Morgan fingerprint density at radius 3 is 2.85 bits per heavy atom. The molecule has 2 rings (SSSR count). The van der Waals surface area contributed by atoms with Gasteiger partial charge in [-0.2, -0.15) is 0 Å². The fourth-order valence-electron chi connectivity index (χ4n) is 1.39. The van der Waals surface area contributed by atoms with Crippen LogP contribution in [0.25, 0.3) is 10.1 Å². The van der Waals surface area contributed by atoms with E-state index in [2.05, 4.69) is 13.0 Å². The Balaban J connectivity index is 2.82. The summed E-state index contributed by atoms with van der Waals surface area (Å²) in [4.78, 5) is 1.30. The summed E-state index contributed by atoms with van der Waals surface area (Å²) in [6.07, 6.45) is 0. The Bertz CT molecular complexity index is 445. The highest BCUT2D eigenvalue weighted by atomic mass is 35.5. The molecule has 2 aromatic rings. The predicted octanol–water partition coefficient (Wildman–Crippen LogP) is 4.60. The molecule has 0 N–H and O–H groups in total. The highest BCUT2D eigenvalue weighted by Crippen LogP contribution is 2.33. The molecule has 68 valence electrons. The fourth-order valence-corrected chi connectivity index (χ4v) is 3.15. The lowest BCUT2D eigenvalue weighted by atomic mass is 10.2. The smallest absolute Gasteiger partial charge is 0.0503 e. The predicted molar refractivity (Wildman–Crippen MR) is 61.1 cm³/mol. The summed E-state index contributed by atoms with van der Waals surface area (Å²) in [5.74, 6) is 0.482. The lowest BCUT2D eigenvalue weighted by molar-refractivity contribution is 1.47. The molecule has 0 amide bonds. The van der Waals surface area contributed by atoms with Crippen molar-refractivity contribution in [2.24, 2.45) is 0 Å². The van der Waals surface area contributed by atoms with Crippen LogP contribution in [-0.4, -0.2) is 0 Å². The summed E-state index contributed by atoms with van der Waals surface area (Å²) < 4.78 is 1.22. The highest BCUT2D eigenvalue weighted by Gasteiger charge is 2.07. The SMILES string of the molecule is Cc1cc2ccc(Cl)c(CCl)c2s1. The molecule has 1 aromatic carbocycles. The maximum atomic E-state index is 6.03. The van der Waals surface area contributed by atoms with Crippen LogP contribution in [0.4, 0.5) is 0 Å². The molecular formula is C10H8Cl2S. The van der Waals surface area contributed by atoms with Gasteiger partial charge in [0, 0.05) is 20.2 Å². The molecule has 0 nitrogen and oxygen atoms in total. The van der Waals surface area contributed by atoms with Crippen LogP contribution in [-0.2, 0) is 5.88 Å². The molecule has 0 fully saturated rings. The molecule has 0 aliphatic heterocycles. The number of rotatable bonds is 1. The standard InChI is InChI=1S/C10H8Cl2S/c1-6-4-7-2-3-9(12)8(5-11)10(7)13-6/h2-4H,5H2,1H3. The number of alkyl halides is 1. The Hall–Kier alpha value is -0.240. The third-order valence-electron chi connectivity index (χ3n) is 1.99. The van der Waals surface area contributed by atoms with Crippen molar-refractivity contribution in [3.8, 4) is 0 Å². The largest absolute Gasteiger partial charge is 0.140 e. The van der Waals surface area contributed by atoms with Crippen molar-refractivity contribution in [3.63, 3.8) is 0 Å².